The summed E-state index contributed by atoms with van der Waals surface area (Å²) < 4.78 is 13.9. The molecule has 0 aromatic heterocycles. The minimum atomic E-state index is -4.30. The van der Waals surface area contributed by atoms with Crippen molar-refractivity contribution in [1.29, 1.82) is 0 Å². The third-order valence-corrected chi connectivity index (χ3v) is 1.03. The molecule has 0 aliphatic heterocycles. The van der Waals surface area contributed by atoms with Gasteiger partial charge in [0.2, 0.25) is 0 Å². The number of nitrogens with one attached hydrogen (secondary N) is 1. The van der Waals surface area contributed by atoms with Crippen molar-refractivity contribution in [2.24, 2.45) is 5.73 Å². The van der Waals surface area contributed by atoms with Crippen LogP contribution >= 0.6 is 7.75 Å². The maximum atomic E-state index is 9.96. The molecule has 0 aliphatic rings. The first kappa shape index (κ1) is 9.38. The van der Waals surface area contributed by atoms with Gasteiger partial charge in [0.25, 0.3) is 0 Å². The predicted octanol–water partition coefficient (Wildman–Crippen LogP) is -1.28. The van der Waals surface area contributed by atoms with Gasteiger partial charge in [0.05, 0.1) is 0 Å². The Kier molecular flexibility index (Phi) is 3.31. The van der Waals surface area contributed by atoms with Crippen LogP contribution < -0.4 is 10.8 Å². The number of carbonyl (C=O) groups excluding carboxylic acids is 1. The van der Waals surface area contributed by atoms with E-state index in [1.165, 1.54) is 0 Å². The van der Waals surface area contributed by atoms with E-state index in [0.29, 0.717) is 0 Å². The molecule has 0 saturated carbocycles. The Morgan fingerprint density at radius 2 is 2.20 bits per heavy atom. The highest BCUT2D eigenvalue weighted by Gasteiger charge is 2.10. The van der Waals surface area contributed by atoms with Crippen molar-refractivity contribution >= 4 is 13.8 Å². The van der Waals surface area contributed by atoms with Crippen LogP contribution in [0.25, 0.3) is 0 Å². The molecule has 0 rings (SSSR count). The lowest BCUT2D eigenvalue weighted by molar-refractivity contribution is 0.152. The van der Waals surface area contributed by atoms with Crippen LogP contribution in [0.2, 0.25) is 0 Å². The van der Waals surface area contributed by atoms with Crippen LogP contribution in [0.15, 0.2) is 0 Å². The largest absolute Gasteiger partial charge is 0.433 e. The van der Waals surface area contributed by atoms with Crippen LogP contribution in [0.1, 0.15) is 0 Å². The highest BCUT2D eigenvalue weighted by molar-refractivity contribution is 7.49. The number of nitrogens with two attached hydrogens (primary N) is 1. The zero-order valence-electron chi connectivity index (χ0n) is 4.85. The first-order valence-corrected chi connectivity index (χ1v) is 3.76. The molecule has 0 bridgehead atoms. The summed E-state index contributed by atoms with van der Waals surface area (Å²) in [5.74, 6) is 0. The molecular formula is C2H7N2O5P. The molecule has 10 heavy (non-hydrogen) atoms. The van der Waals surface area contributed by atoms with Crippen LogP contribution in [0, 0.1) is 0 Å². The van der Waals surface area contributed by atoms with Crippen molar-refractivity contribution in [3.8, 4) is 0 Å². The van der Waals surface area contributed by atoms with E-state index in [2.05, 4.69) is 10.5 Å². The van der Waals surface area contributed by atoms with Crippen LogP contribution in [0.5, 0.6) is 0 Å². The summed E-state index contributed by atoms with van der Waals surface area (Å²) in [4.78, 5) is 26.0. The van der Waals surface area contributed by atoms with Gasteiger partial charge in [-0.3, -0.25) is 0 Å². The Balaban J connectivity index is 3.39. The highest BCUT2D eigenvalue weighted by atomic mass is 31.2. The van der Waals surface area contributed by atoms with E-state index >= 15 is 0 Å². The highest BCUT2D eigenvalue weighted by Crippen LogP contribution is 2.27. The quantitative estimate of drug-likeness (QED) is 0.309. The Labute approximate surface area is 56.4 Å². The van der Waals surface area contributed by atoms with Gasteiger partial charge in [-0.1, -0.05) is 0 Å². The first-order chi connectivity index (χ1) is 4.42. The standard InChI is InChI=1S/C2H7N2O5P/c3-2(5)9-1-4-10(6,7)8/h1H2,(H2,3,5)(H3,4,6,7,8). The maximum Gasteiger partial charge on any atom is 0.405 e. The van der Waals surface area contributed by atoms with E-state index < -0.39 is 20.6 Å². The smallest absolute Gasteiger partial charge is 0.405 e. The SMILES string of the molecule is NC(=O)OCNP(=O)(O)O. The lowest BCUT2D eigenvalue weighted by atomic mass is 11.2. The number of hydrogen-bond acceptors (Lipinski definition) is 3. The summed E-state index contributed by atoms with van der Waals surface area (Å²) in [6.45, 7) is -0.598. The van der Waals surface area contributed by atoms with E-state index in [1.807, 2.05) is 0 Å². The summed E-state index contributed by atoms with van der Waals surface area (Å²) in [5.41, 5.74) is 4.47. The maximum absolute atomic E-state index is 9.96. The van der Waals surface area contributed by atoms with Crippen LogP contribution in [0.4, 0.5) is 4.79 Å². The molecule has 0 radical (unpaired) electrons. The molecule has 0 spiro atoms. The molecule has 7 nitrogen and oxygen atoms in total. The second-order valence-corrected chi connectivity index (χ2v) is 2.71. The van der Waals surface area contributed by atoms with Crippen molar-refractivity contribution in [3.05, 3.63) is 0 Å². The van der Waals surface area contributed by atoms with E-state index in [-0.39, 0.29) is 0 Å². The van der Waals surface area contributed by atoms with Gasteiger partial charge in [0.15, 0.2) is 6.73 Å². The number of amides is 1. The van der Waals surface area contributed by atoms with E-state index in [9.17, 15) is 9.36 Å². The van der Waals surface area contributed by atoms with Gasteiger partial charge in [-0.05, 0) is 0 Å². The zero-order chi connectivity index (χ0) is 8.20. The number of carbonyl (C=O) groups is 1. The Bertz CT molecular complexity index is 163. The fraction of sp³-hybridized carbons (Fsp3) is 0.500. The monoisotopic (exact) mass is 170 g/mol. The molecule has 0 saturated heterocycles. The van der Waals surface area contributed by atoms with Crippen molar-refractivity contribution < 1.29 is 23.9 Å². The number of ether oxygens (including phenoxy) is 1. The number of primary amides is 1. The minimum absolute atomic E-state index is 0.598. The molecule has 0 aromatic carbocycles. The fourth-order valence-electron chi connectivity index (χ4n) is 0.187. The lowest BCUT2D eigenvalue weighted by Gasteiger charge is -2.04. The fourth-order valence-corrected chi connectivity index (χ4v) is 0.420. The molecule has 8 heteroatoms. The van der Waals surface area contributed by atoms with Gasteiger partial charge >= 0.3 is 13.8 Å². The molecule has 0 aliphatic carbocycles. The normalized spacial score (nSPS) is 11.0. The van der Waals surface area contributed by atoms with Crippen molar-refractivity contribution in [1.82, 2.24) is 5.09 Å². The Hall–Kier alpha value is -0.620. The average molecular weight is 170 g/mol. The van der Waals surface area contributed by atoms with Gasteiger partial charge < -0.3 is 20.3 Å². The number of rotatable bonds is 3. The Morgan fingerprint density at radius 1 is 1.70 bits per heavy atom. The van der Waals surface area contributed by atoms with Crippen LogP contribution in [-0.2, 0) is 9.30 Å². The third-order valence-electron chi connectivity index (χ3n) is 0.485. The third kappa shape index (κ3) is 7.38. The molecule has 0 unspecified atom stereocenters. The van der Waals surface area contributed by atoms with E-state index in [0.717, 1.165) is 0 Å². The van der Waals surface area contributed by atoms with E-state index in [4.69, 9.17) is 9.79 Å². The predicted molar refractivity (Wildman–Crippen MR) is 30.7 cm³/mol. The van der Waals surface area contributed by atoms with Gasteiger partial charge in [0, 0.05) is 0 Å². The molecule has 1 amide bonds. The Morgan fingerprint density at radius 3 is 2.50 bits per heavy atom. The van der Waals surface area contributed by atoms with E-state index in [1.54, 1.807) is 5.09 Å². The summed E-state index contributed by atoms with van der Waals surface area (Å²) in [5, 5.41) is 1.60. The van der Waals surface area contributed by atoms with Crippen LogP contribution in [-0.4, -0.2) is 22.6 Å². The van der Waals surface area contributed by atoms with Crippen molar-refractivity contribution in [3.63, 3.8) is 0 Å². The number of hydrogen-bond donors (Lipinski definition) is 4. The molecule has 0 fully saturated rings. The first-order valence-electron chi connectivity index (χ1n) is 2.15. The van der Waals surface area contributed by atoms with Crippen molar-refractivity contribution in [2.75, 3.05) is 6.73 Å². The summed E-state index contributed by atoms with van der Waals surface area (Å²) in [6.07, 6.45) is -1.10. The molecular weight excluding hydrogens is 163 g/mol. The minimum Gasteiger partial charge on any atom is -0.433 e. The second-order valence-electron chi connectivity index (χ2n) is 1.31. The molecule has 0 heterocycles. The van der Waals surface area contributed by atoms with Gasteiger partial charge in [-0.2, -0.15) is 5.09 Å². The molecule has 60 valence electrons. The van der Waals surface area contributed by atoms with Crippen LogP contribution in [0.3, 0.4) is 0 Å². The molecule has 0 aromatic rings. The van der Waals surface area contributed by atoms with Gasteiger partial charge in [0.1, 0.15) is 0 Å². The topological polar surface area (TPSA) is 122 Å². The average Bonchev–Trinajstić information content (AvgIpc) is 1.59. The molecule has 0 atom stereocenters. The lowest BCUT2D eigenvalue weighted by Crippen LogP contribution is -2.21. The zero-order valence-corrected chi connectivity index (χ0v) is 5.75. The summed E-state index contributed by atoms with van der Waals surface area (Å²) in [6, 6.07) is 0. The molecule has 5 N–H and O–H groups in total. The van der Waals surface area contributed by atoms with Gasteiger partial charge in [-0.15, -0.1) is 0 Å². The van der Waals surface area contributed by atoms with Gasteiger partial charge in [-0.25, -0.2) is 9.36 Å². The van der Waals surface area contributed by atoms with Crippen molar-refractivity contribution in [2.45, 2.75) is 0 Å². The summed E-state index contributed by atoms with van der Waals surface area (Å²) >= 11 is 0. The summed E-state index contributed by atoms with van der Waals surface area (Å²) in [7, 11) is -4.30. The second kappa shape index (κ2) is 3.52.